The van der Waals surface area contributed by atoms with Crippen molar-refractivity contribution in [2.75, 3.05) is 26.8 Å². The Labute approximate surface area is 107 Å². The average molecular weight is 259 g/mol. The SMILES string of the molecule is CNCC(=O)CCCOCC(=O)CCCC(=O)O. The van der Waals surface area contributed by atoms with Gasteiger partial charge in [-0.3, -0.25) is 14.4 Å². The fourth-order valence-electron chi connectivity index (χ4n) is 1.35. The van der Waals surface area contributed by atoms with Crippen molar-refractivity contribution >= 4 is 17.5 Å². The fraction of sp³-hybridized carbons (Fsp3) is 0.750. The third kappa shape index (κ3) is 11.2. The van der Waals surface area contributed by atoms with E-state index in [1.165, 1.54) is 0 Å². The molecule has 0 heterocycles. The van der Waals surface area contributed by atoms with Crippen LogP contribution in [-0.4, -0.2) is 49.4 Å². The molecule has 0 aliphatic heterocycles. The van der Waals surface area contributed by atoms with Gasteiger partial charge in [0.2, 0.25) is 0 Å². The van der Waals surface area contributed by atoms with Crippen LogP contribution in [0.15, 0.2) is 0 Å². The predicted molar refractivity (Wildman–Crippen MR) is 65.5 cm³/mol. The van der Waals surface area contributed by atoms with Gasteiger partial charge >= 0.3 is 5.97 Å². The minimum Gasteiger partial charge on any atom is -0.481 e. The molecule has 0 spiro atoms. The van der Waals surface area contributed by atoms with Crippen molar-refractivity contribution in [2.24, 2.45) is 0 Å². The van der Waals surface area contributed by atoms with Crippen LogP contribution < -0.4 is 5.32 Å². The number of ketones is 2. The molecular formula is C12H21NO5. The number of carbonyl (C=O) groups is 3. The van der Waals surface area contributed by atoms with E-state index in [1.54, 1.807) is 7.05 Å². The number of carboxylic acid groups (broad SMARTS) is 1. The summed E-state index contributed by atoms with van der Waals surface area (Å²) < 4.78 is 5.11. The molecule has 0 aromatic heterocycles. The first-order valence-corrected chi connectivity index (χ1v) is 6.03. The number of carbonyl (C=O) groups excluding carboxylic acids is 2. The van der Waals surface area contributed by atoms with Crippen molar-refractivity contribution in [3.8, 4) is 0 Å². The molecule has 0 radical (unpaired) electrons. The smallest absolute Gasteiger partial charge is 0.303 e. The Kier molecular flexibility index (Phi) is 10.1. The summed E-state index contributed by atoms with van der Waals surface area (Å²) in [5.74, 6) is -0.876. The lowest BCUT2D eigenvalue weighted by Gasteiger charge is -2.03. The van der Waals surface area contributed by atoms with Gasteiger partial charge in [0, 0.05) is 25.9 Å². The van der Waals surface area contributed by atoms with Gasteiger partial charge in [0.05, 0.1) is 6.54 Å². The van der Waals surface area contributed by atoms with E-state index >= 15 is 0 Å². The van der Waals surface area contributed by atoms with E-state index in [2.05, 4.69) is 5.32 Å². The zero-order valence-electron chi connectivity index (χ0n) is 10.7. The van der Waals surface area contributed by atoms with Gasteiger partial charge < -0.3 is 15.2 Å². The van der Waals surface area contributed by atoms with Crippen LogP contribution in [0.25, 0.3) is 0 Å². The standard InChI is InChI=1S/C12H21NO5/c1-13-8-10(14)5-3-7-18-9-11(15)4-2-6-12(16)17/h13H,2-9H2,1H3,(H,16,17). The summed E-state index contributed by atoms with van der Waals surface area (Å²) in [7, 11) is 1.71. The summed E-state index contributed by atoms with van der Waals surface area (Å²) >= 11 is 0. The highest BCUT2D eigenvalue weighted by molar-refractivity contribution is 5.80. The molecule has 0 rings (SSSR count). The number of nitrogens with one attached hydrogen (secondary N) is 1. The Balaban J connectivity index is 3.35. The molecule has 0 amide bonds. The van der Waals surface area contributed by atoms with Gasteiger partial charge in [0.1, 0.15) is 12.4 Å². The molecule has 0 saturated heterocycles. The maximum Gasteiger partial charge on any atom is 0.303 e. The second-order valence-corrected chi connectivity index (χ2v) is 4.01. The van der Waals surface area contributed by atoms with Crippen molar-refractivity contribution in [2.45, 2.75) is 32.1 Å². The monoisotopic (exact) mass is 259 g/mol. The van der Waals surface area contributed by atoms with E-state index in [0.29, 0.717) is 32.4 Å². The molecule has 0 bridgehead atoms. The predicted octanol–water partition coefficient (Wildman–Crippen LogP) is 0.396. The van der Waals surface area contributed by atoms with Crippen LogP contribution in [-0.2, 0) is 19.1 Å². The van der Waals surface area contributed by atoms with Gasteiger partial charge in [-0.15, -0.1) is 0 Å². The van der Waals surface area contributed by atoms with Crippen molar-refractivity contribution in [1.29, 1.82) is 0 Å². The number of rotatable bonds is 12. The Morgan fingerprint density at radius 3 is 2.33 bits per heavy atom. The molecule has 0 fully saturated rings. The van der Waals surface area contributed by atoms with Gasteiger partial charge in [-0.25, -0.2) is 0 Å². The summed E-state index contributed by atoms with van der Waals surface area (Å²) in [5, 5.41) is 11.2. The maximum absolute atomic E-state index is 11.2. The Morgan fingerprint density at radius 2 is 1.72 bits per heavy atom. The molecule has 6 heteroatoms. The number of hydrogen-bond donors (Lipinski definition) is 2. The van der Waals surface area contributed by atoms with Crippen LogP contribution in [0.3, 0.4) is 0 Å². The van der Waals surface area contributed by atoms with Crippen LogP contribution in [0.2, 0.25) is 0 Å². The topological polar surface area (TPSA) is 92.7 Å². The van der Waals surface area contributed by atoms with Crippen LogP contribution in [0.4, 0.5) is 0 Å². The quantitative estimate of drug-likeness (QED) is 0.493. The van der Waals surface area contributed by atoms with Crippen molar-refractivity contribution in [3.63, 3.8) is 0 Å². The number of likely N-dealkylation sites (N-methyl/N-ethyl adjacent to an activating group) is 1. The first-order valence-electron chi connectivity index (χ1n) is 6.03. The van der Waals surface area contributed by atoms with Gasteiger partial charge in [0.25, 0.3) is 0 Å². The lowest BCUT2D eigenvalue weighted by molar-refractivity contribution is -0.137. The van der Waals surface area contributed by atoms with E-state index in [4.69, 9.17) is 9.84 Å². The fourth-order valence-corrected chi connectivity index (χ4v) is 1.35. The molecule has 0 aliphatic carbocycles. The minimum absolute atomic E-state index is 0.000161. The lowest BCUT2D eigenvalue weighted by atomic mass is 10.2. The molecule has 0 unspecified atom stereocenters. The highest BCUT2D eigenvalue weighted by atomic mass is 16.5. The highest BCUT2D eigenvalue weighted by Gasteiger charge is 2.05. The summed E-state index contributed by atoms with van der Waals surface area (Å²) in [6, 6.07) is 0. The largest absolute Gasteiger partial charge is 0.481 e. The Hall–Kier alpha value is -1.27. The van der Waals surface area contributed by atoms with Crippen molar-refractivity contribution in [1.82, 2.24) is 5.32 Å². The zero-order chi connectivity index (χ0) is 13.8. The Morgan fingerprint density at radius 1 is 1.06 bits per heavy atom. The van der Waals surface area contributed by atoms with Crippen molar-refractivity contribution in [3.05, 3.63) is 0 Å². The van der Waals surface area contributed by atoms with Crippen LogP contribution in [0.5, 0.6) is 0 Å². The minimum atomic E-state index is -0.897. The van der Waals surface area contributed by atoms with Gasteiger partial charge in [-0.05, 0) is 19.9 Å². The lowest BCUT2D eigenvalue weighted by Crippen LogP contribution is -2.18. The van der Waals surface area contributed by atoms with E-state index in [9.17, 15) is 14.4 Å². The number of carboxylic acids is 1. The molecule has 0 aliphatic rings. The normalized spacial score (nSPS) is 10.3. The second kappa shape index (κ2) is 10.9. The molecule has 2 N–H and O–H groups in total. The molecule has 18 heavy (non-hydrogen) atoms. The number of aliphatic carboxylic acids is 1. The summed E-state index contributed by atoms with van der Waals surface area (Å²) in [4.78, 5) is 32.6. The summed E-state index contributed by atoms with van der Waals surface area (Å²) in [6.07, 6.45) is 1.62. The molecule has 0 aromatic rings. The second-order valence-electron chi connectivity index (χ2n) is 4.01. The van der Waals surface area contributed by atoms with E-state index in [0.717, 1.165) is 0 Å². The van der Waals surface area contributed by atoms with Crippen LogP contribution in [0, 0.1) is 0 Å². The van der Waals surface area contributed by atoms with E-state index in [1.807, 2.05) is 0 Å². The highest BCUT2D eigenvalue weighted by Crippen LogP contribution is 1.98. The summed E-state index contributed by atoms with van der Waals surface area (Å²) in [5.41, 5.74) is 0. The number of Topliss-reactive ketones (excluding diaryl/α,β-unsaturated/α-hetero) is 2. The summed E-state index contributed by atoms with van der Waals surface area (Å²) in [6.45, 7) is 0.730. The first kappa shape index (κ1) is 16.7. The third-order valence-corrected chi connectivity index (χ3v) is 2.23. The number of hydrogen-bond acceptors (Lipinski definition) is 5. The zero-order valence-corrected chi connectivity index (χ0v) is 10.7. The maximum atomic E-state index is 11.2. The Bertz CT molecular complexity index is 278. The van der Waals surface area contributed by atoms with E-state index < -0.39 is 5.97 Å². The average Bonchev–Trinajstić information content (AvgIpc) is 2.28. The van der Waals surface area contributed by atoms with Crippen LogP contribution >= 0.6 is 0 Å². The van der Waals surface area contributed by atoms with Crippen LogP contribution in [0.1, 0.15) is 32.1 Å². The number of ether oxygens (including phenoxy) is 1. The third-order valence-electron chi connectivity index (χ3n) is 2.23. The first-order chi connectivity index (χ1) is 8.56. The molecule has 0 aromatic carbocycles. The van der Waals surface area contributed by atoms with Gasteiger partial charge in [0.15, 0.2) is 5.78 Å². The van der Waals surface area contributed by atoms with Gasteiger partial charge in [-0.1, -0.05) is 0 Å². The molecule has 104 valence electrons. The molecule has 0 saturated carbocycles. The molecular weight excluding hydrogens is 238 g/mol. The van der Waals surface area contributed by atoms with Crippen molar-refractivity contribution < 1.29 is 24.2 Å². The van der Waals surface area contributed by atoms with E-state index in [-0.39, 0.29) is 31.0 Å². The van der Waals surface area contributed by atoms with Gasteiger partial charge in [-0.2, -0.15) is 0 Å². The molecule has 6 nitrogen and oxygen atoms in total. The molecule has 0 atom stereocenters.